The molecule has 0 spiro atoms. The molecule has 0 aliphatic rings. The first-order valence-corrected chi connectivity index (χ1v) is 25.1. The number of carbonyl (C=O) groups excluding carboxylic acids is 2. The Kier molecular flexibility index (Phi) is 37.7. The minimum absolute atomic E-state index is 0.0392. The van der Waals surface area contributed by atoms with Crippen LogP contribution in [0.3, 0.4) is 0 Å². The van der Waals surface area contributed by atoms with Crippen LogP contribution >= 0.6 is 0 Å². The van der Waals surface area contributed by atoms with Crippen molar-refractivity contribution in [1.29, 1.82) is 0 Å². The van der Waals surface area contributed by atoms with Crippen LogP contribution in [0.4, 0.5) is 0 Å². The lowest BCUT2D eigenvalue weighted by molar-refractivity contribution is -0.145. The average molecular weight is 818 g/mol. The van der Waals surface area contributed by atoms with Crippen LogP contribution in [-0.4, -0.2) is 70.4 Å². The number of unbranched alkanes of at least 4 members (excludes halogenated alkanes) is 16. The normalized spacial score (nSPS) is 13.2. The summed E-state index contributed by atoms with van der Waals surface area (Å²) in [5, 5.41) is 11.0. The summed E-state index contributed by atoms with van der Waals surface area (Å²) in [6, 6.07) is 0. The third-order valence-corrected chi connectivity index (χ3v) is 12.1. The highest BCUT2D eigenvalue weighted by atomic mass is 16.5. The number of esters is 2. The third kappa shape index (κ3) is 33.9. The van der Waals surface area contributed by atoms with Crippen molar-refractivity contribution in [2.45, 2.75) is 246 Å². The van der Waals surface area contributed by atoms with E-state index < -0.39 is 6.10 Å². The number of hydrogen-bond donors (Lipinski definition) is 1. The number of aryl methyl sites for hydroxylation is 1. The van der Waals surface area contributed by atoms with Crippen molar-refractivity contribution < 1.29 is 24.2 Å². The van der Waals surface area contributed by atoms with Gasteiger partial charge in [-0.05, 0) is 69.9 Å². The molecular formula is C50H95N3O5. The largest absolute Gasteiger partial charge is 0.466 e. The molecule has 1 N–H and O–H groups in total. The summed E-state index contributed by atoms with van der Waals surface area (Å²) in [7, 11) is 0. The minimum Gasteiger partial charge on any atom is -0.466 e. The number of rotatable bonds is 44. The number of hydrogen-bond acceptors (Lipinski definition) is 7. The van der Waals surface area contributed by atoms with E-state index in [9.17, 15) is 14.7 Å². The molecule has 58 heavy (non-hydrogen) atoms. The van der Waals surface area contributed by atoms with Gasteiger partial charge >= 0.3 is 11.9 Å². The van der Waals surface area contributed by atoms with E-state index in [1.54, 1.807) is 0 Å². The molecule has 0 saturated heterocycles. The number of imidazole rings is 1. The Morgan fingerprint density at radius 3 is 1.50 bits per heavy atom. The summed E-state index contributed by atoms with van der Waals surface area (Å²) in [6.45, 7) is 13.6. The maximum absolute atomic E-state index is 12.5. The first kappa shape index (κ1) is 54.1. The van der Waals surface area contributed by atoms with Crippen molar-refractivity contribution in [3.63, 3.8) is 0 Å². The summed E-state index contributed by atoms with van der Waals surface area (Å²) in [6.07, 6.45) is 41.4. The molecule has 0 amide bonds. The highest BCUT2D eigenvalue weighted by molar-refractivity contribution is 5.69. The monoisotopic (exact) mass is 818 g/mol. The summed E-state index contributed by atoms with van der Waals surface area (Å²) < 4.78 is 13.5. The van der Waals surface area contributed by atoms with Crippen LogP contribution in [0.5, 0.6) is 0 Å². The van der Waals surface area contributed by atoms with Crippen LogP contribution in [0.1, 0.15) is 233 Å². The number of aliphatic hydroxyl groups is 1. The van der Waals surface area contributed by atoms with Gasteiger partial charge in [-0.2, -0.15) is 0 Å². The van der Waals surface area contributed by atoms with Gasteiger partial charge in [0.25, 0.3) is 0 Å². The van der Waals surface area contributed by atoms with Crippen molar-refractivity contribution in [1.82, 2.24) is 14.5 Å². The molecule has 1 aromatic heterocycles. The second-order valence-electron chi connectivity index (χ2n) is 17.7. The van der Waals surface area contributed by atoms with Gasteiger partial charge in [-0.3, -0.25) is 9.59 Å². The van der Waals surface area contributed by atoms with Crippen LogP contribution in [0.2, 0.25) is 0 Å². The lowest BCUT2D eigenvalue weighted by Crippen LogP contribution is -2.34. The van der Waals surface area contributed by atoms with Crippen molar-refractivity contribution in [3.8, 4) is 0 Å². The summed E-state index contributed by atoms with van der Waals surface area (Å²) >= 11 is 0. The van der Waals surface area contributed by atoms with E-state index in [1.807, 2.05) is 18.7 Å². The molecule has 8 heteroatoms. The van der Waals surface area contributed by atoms with E-state index in [0.29, 0.717) is 50.9 Å². The van der Waals surface area contributed by atoms with Gasteiger partial charge in [0.2, 0.25) is 0 Å². The van der Waals surface area contributed by atoms with Gasteiger partial charge < -0.3 is 24.0 Å². The molecule has 1 heterocycles. The highest BCUT2D eigenvalue weighted by Gasteiger charge is 2.15. The zero-order valence-corrected chi connectivity index (χ0v) is 38.8. The molecule has 0 aliphatic carbocycles. The molecule has 0 saturated carbocycles. The lowest BCUT2D eigenvalue weighted by atomic mass is 9.92. The maximum atomic E-state index is 12.5. The first-order valence-electron chi connectivity index (χ1n) is 25.1. The lowest BCUT2D eigenvalue weighted by Gasteiger charge is -2.25. The van der Waals surface area contributed by atoms with Crippen LogP contribution < -0.4 is 0 Å². The molecule has 3 atom stereocenters. The first-order chi connectivity index (χ1) is 28.4. The van der Waals surface area contributed by atoms with Crippen LogP contribution in [0.15, 0.2) is 18.7 Å². The Hall–Kier alpha value is -1.93. The Morgan fingerprint density at radius 1 is 0.552 bits per heavy atom. The molecule has 0 bridgehead atoms. The molecule has 0 aliphatic heterocycles. The standard InChI is InChI=1S/C50H95N3O5/c1-5-9-13-15-21-30-46(28-19-11-7-3)35-42-57-49(55)33-23-17-18-26-38-52(39-27-40-53-41-37-51-45-53)44-48(54)32-24-25-34-50(56)58-43-36-47(29-20-12-8-4)31-22-16-14-10-6-2/h37,41,45-48,54H,5-36,38-40,42-44H2,1-4H3. The highest BCUT2D eigenvalue weighted by Crippen LogP contribution is 2.23. The quantitative estimate of drug-likeness (QED) is 0.0518. The zero-order valence-electron chi connectivity index (χ0n) is 38.8. The van der Waals surface area contributed by atoms with E-state index >= 15 is 0 Å². The van der Waals surface area contributed by atoms with E-state index in [2.05, 4.69) is 42.1 Å². The van der Waals surface area contributed by atoms with Gasteiger partial charge in [0.05, 0.1) is 25.6 Å². The fourth-order valence-electron chi connectivity index (χ4n) is 8.32. The predicted octanol–water partition coefficient (Wildman–Crippen LogP) is 13.4. The molecular weight excluding hydrogens is 723 g/mol. The Labute approximate surface area is 358 Å². The third-order valence-electron chi connectivity index (χ3n) is 12.1. The minimum atomic E-state index is -0.410. The zero-order chi connectivity index (χ0) is 42.2. The molecule has 8 nitrogen and oxygen atoms in total. The van der Waals surface area contributed by atoms with Crippen LogP contribution in [0, 0.1) is 11.8 Å². The number of nitrogens with zero attached hydrogens (tertiary/aromatic N) is 3. The van der Waals surface area contributed by atoms with Gasteiger partial charge in [0.1, 0.15) is 0 Å². The van der Waals surface area contributed by atoms with Crippen molar-refractivity contribution in [2.24, 2.45) is 11.8 Å². The predicted molar refractivity (Wildman–Crippen MR) is 244 cm³/mol. The Balaban J connectivity index is 2.34. The van der Waals surface area contributed by atoms with Crippen LogP contribution in [-0.2, 0) is 25.6 Å². The Morgan fingerprint density at radius 2 is 0.983 bits per heavy atom. The fraction of sp³-hybridized carbons (Fsp3) is 0.900. The summed E-state index contributed by atoms with van der Waals surface area (Å²) in [4.78, 5) is 31.6. The van der Waals surface area contributed by atoms with Crippen molar-refractivity contribution in [2.75, 3.05) is 32.8 Å². The molecule has 1 aromatic rings. The number of aliphatic hydroxyl groups excluding tert-OH is 1. The number of carbonyl (C=O) groups is 2. The second-order valence-corrected chi connectivity index (χ2v) is 17.7. The molecule has 1 rings (SSSR count). The number of ether oxygens (including phenoxy) is 2. The van der Waals surface area contributed by atoms with Gasteiger partial charge in [0.15, 0.2) is 0 Å². The number of aromatic nitrogens is 2. The van der Waals surface area contributed by atoms with E-state index in [1.165, 1.54) is 128 Å². The van der Waals surface area contributed by atoms with E-state index in [0.717, 1.165) is 77.4 Å². The molecule has 3 unspecified atom stereocenters. The SMILES string of the molecule is CCCCCCCC(CCCCC)CCOC(=O)CCCCCCN(CCCn1ccnc1)CC(O)CCCCC(=O)OCCC(CCCCC)CCCCCCC. The molecule has 0 radical (unpaired) electrons. The molecule has 0 fully saturated rings. The van der Waals surface area contributed by atoms with Crippen molar-refractivity contribution >= 4 is 11.9 Å². The smallest absolute Gasteiger partial charge is 0.305 e. The Bertz CT molecular complexity index is 1020. The van der Waals surface area contributed by atoms with Gasteiger partial charge in [-0.25, -0.2) is 4.98 Å². The molecule has 340 valence electrons. The van der Waals surface area contributed by atoms with E-state index in [4.69, 9.17) is 9.47 Å². The van der Waals surface area contributed by atoms with Crippen molar-refractivity contribution in [3.05, 3.63) is 18.7 Å². The average Bonchev–Trinajstić information content (AvgIpc) is 3.74. The van der Waals surface area contributed by atoms with Gasteiger partial charge in [-0.15, -0.1) is 0 Å². The van der Waals surface area contributed by atoms with Gasteiger partial charge in [-0.1, -0.05) is 175 Å². The fourth-order valence-corrected chi connectivity index (χ4v) is 8.32. The molecule has 0 aromatic carbocycles. The second kappa shape index (κ2) is 40.5. The summed E-state index contributed by atoms with van der Waals surface area (Å²) in [5.74, 6) is 1.23. The van der Waals surface area contributed by atoms with Gasteiger partial charge in [0, 0.05) is 38.3 Å². The van der Waals surface area contributed by atoms with E-state index in [-0.39, 0.29) is 11.9 Å². The topological polar surface area (TPSA) is 93.9 Å². The van der Waals surface area contributed by atoms with Crippen LogP contribution in [0.25, 0.3) is 0 Å². The maximum Gasteiger partial charge on any atom is 0.305 e. The summed E-state index contributed by atoms with van der Waals surface area (Å²) in [5.41, 5.74) is 0.